The number of thiocarbonyl (C=S) groups is 1. The molecule has 1 rings (SSSR count). The number of amides is 1. The van der Waals surface area contributed by atoms with E-state index in [0.717, 1.165) is 12.1 Å². The summed E-state index contributed by atoms with van der Waals surface area (Å²) in [4.78, 5) is 11.9. The van der Waals surface area contributed by atoms with E-state index in [9.17, 15) is 13.6 Å². The SMILES string of the molecule is NC(=S)CCCNC(=O)c1cc(F)c(Cl)cc1F. The van der Waals surface area contributed by atoms with Crippen molar-refractivity contribution in [3.63, 3.8) is 0 Å². The van der Waals surface area contributed by atoms with E-state index in [-0.39, 0.29) is 17.1 Å². The molecule has 1 aromatic rings. The van der Waals surface area contributed by atoms with Gasteiger partial charge in [-0.1, -0.05) is 23.8 Å². The van der Waals surface area contributed by atoms with Crippen molar-refractivity contribution in [1.29, 1.82) is 0 Å². The van der Waals surface area contributed by atoms with Gasteiger partial charge in [-0.15, -0.1) is 0 Å². The molecule has 0 unspecified atom stereocenters. The molecule has 0 aliphatic heterocycles. The molecule has 0 radical (unpaired) electrons. The summed E-state index contributed by atoms with van der Waals surface area (Å²) in [5, 5.41) is 2.07. The van der Waals surface area contributed by atoms with Crippen LogP contribution in [0.25, 0.3) is 0 Å². The third-order valence-electron chi connectivity index (χ3n) is 2.14. The average molecular weight is 293 g/mol. The molecule has 0 aliphatic carbocycles. The second-order valence-electron chi connectivity index (χ2n) is 3.57. The van der Waals surface area contributed by atoms with Gasteiger partial charge in [0.25, 0.3) is 5.91 Å². The van der Waals surface area contributed by atoms with Gasteiger partial charge in [-0.25, -0.2) is 8.78 Å². The normalized spacial score (nSPS) is 10.2. The Kier molecular flexibility index (Phi) is 5.43. The van der Waals surface area contributed by atoms with Crippen LogP contribution in [0.5, 0.6) is 0 Å². The van der Waals surface area contributed by atoms with Crippen molar-refractivity contribution in [3.8, 4) is 0 Å². The fourth-order valence-corrected chi connectivity index (χ4v) is 1.55. The first kappa shape index (κ1) is 14.8. The zero-order valence-electron chi connectivity index (χ0n) is 9.30. The summed E-state index contributed by atoms with van der Waals surface area (Å²) in [6.07, 6.45) is 1.02. The fourth-order valence-electron chi connectivity index (χ4n) is 1.26. The Balaban J connectivity index is 2.62. The highest BCUT2D eigenvalue weighted by Gasteiger charge is 2.14. The highest BCUT2D eigenvalue weighted by atomic mass is 35.5. The van der Waals surface area contributed by atoms with Gasteiger partial charge in [0, 0.05) is 6.54 Å². The van der Waals surface area contributed by atoms with Crippen molar-refractivity contribution in [2.75, 3.05) is 6.54 Å². The second kappa shape index (κ2) is 6.61. The van der Waals surface area contributed by atoms with E-state index in [4.69, 9.17) is 17.3 Å². The Morgan fingerprint density at radius 2 is 2.06 bits per heavy atom. The van der Waals surface area contributed by atoms with E-state index >= 15 is 0 Å². The highest BCUT2D eigenvalue weighted by molar-refractivity contribution is 7.80. The maximum Gasteiger partial charge on any atom is 0.254 e. The Bertz CT molecular complexity index is 482. The quantitative estimate of drug-likeness (QED) is 0.498. The van der Waals surface area contributed by atoms with Crippen LogP contribution in [0, 0.1) is 11.6 Å². The molecule has 3 N–H and O–H groups in total. The van der Waals surface area contributed by atoms with Gasteiger partial charge in [-0.3, -0.25) is 4.79 Å². The number of rotatable bonds is 5. The first-order valence-electron chi connectivity index (χ1n) is 5.13. The molecule has 1 aromatic carbocycles. The summed E-state index contributed by atoms with van der Waals surface area (Å²) in [6.45, 7) is 0.278. The molecule has 1 amide bonds. The van der Waals surface area contributed by atoms with Gasteiger partial charge in [0.05, 0.1) is 15.6 Å². The second-order valence-corrected chi connectivity index (χ2v) is 4.50. The third-order valence-corrected chi connectivity index (χ3v) is 2.63. The third kappa shape index (κ3) is 4.19. The van der Waals surface area contributed by atoms with Gasteiger partial charge in [0.1, 0.15) is 11.6 Å². The summed E-state index contributed by atoms with van der Waals surface area (Å²) in [7, 11) is 0. The monoisotopic (exact) mass is 292 g/mol. The van der Waals surface area contributed by atoms with Gasteiger partial charge in [-0.2, -0.15) is 0 Å². The maximum atomic E-state index is 13.4. The molecule has 3 nitrogen and oxygen atoms in total. The van der Waals surface area contributed by atoms with Gasteiger partial charge in [0.15, 0.2) is 0 Å². The molecule has 0 saturated carbocycles. The van der Waals surface area contributed by atoms with Crippen LogP contribution in [0.15, 0.2) is 12.1 Å². The fraction of sp³-hybridized carbons (Fsp3) is 0.273. The maximum absolute atomic E-state index is 13.4. The Labute approximate surface area is 113 Å². The van der Waals surface area contributed by atoms with Crippen LogP contribution in [0.4, 0.5) is 8.78 Å². The lowest BCUT2D eigenvalue weighted by Gasteiger charge is -2.06. The van der Waals surface area contributed by atoms with Gasteiger partial charge in [-0.05, 0) is 25.0 Å². The smallest absolute Gasteiger partial charge is 0.254 e. The first-order chi connectivity index (χ1) is 8.41. The molecule has 98 valence electrons. The summed E-state index contributed by atoms with van der Waals surface area (Å²) in [5.41, 5.74) is 4.89. The topological polar surface area (TPSA) is 55.1 Å². The van der Waals surface area contributed by atoms with Crippen molar-refractivity contribution >= 4 is 34.7 Å². The lowest BCUT2D eigenvalue weighted by Crippen LogP contribution is -2.26. The van der Waals surface area contributed by atoms with Crippen LogP contribution in [0.2, 0.25) is 5.02 Å². The van der Waals surface area contributed by atoms with Crippen LogP contribution in [0.3, 0.4) is 0 Å². The predicted octanol–water partition coefficient (Wildman–Crippen LogP) is 2.41. The molecule has 0 aromatic heterocycles. The van der Waals surface area contributed by atoms with Crippen LogP contribution in [-0.4, -0.2) is 17.4 Å². The van der Waals surface area contributed by atoms with Crippen LogP contribution in [-0.2, 0) is 0 Å². The molecule has 0 heterocycles. The molecule has 7 heteroatoms. The van der Waals surface area contributed by atoms with E-state index in [0.29, 0.717) is 17.8 Å². The molecule has 18 heavy (non-hydrogen) atoms. The Morgan fingerprint density at radius 3 is 2.67 bits per heavy atom. The molecule has 0 fully saturated rings. The zero-order chi connectivity index (χ0) is 13.7. The number of nitrogens with two attached hydrogens (primary N) is 1. The summed E-state index contributed by atoms with van der Waals surface area (Å²) >= 11 is 10.0. The lowest BCUT2D eigenvalue weighted by molar-refractivity contribution is 0.0949. The van der Waals surface area contributed by atoms with Crippen molar-refractivity contribution in [3.05, 3.63) is 34.4 Å². The largest absolute Gasteiger partial charge is 0.393 e. The van der Waals surface area contributed by atoms with E-state index < -0.39 is 17.5 Å². The summed E-state index contributed by atoms with van der Waals surface area (Å²) < 4.78 is 26.5. The van der Waals surface area contributed by atoms with Gasteiger partial charge >= 0.3 is 0 Å². The predicted molar refractivity (Wildman–Crippen MR) is 69.7 cm³/mol. The number of hydrogen-bond donors (Lipinski definition) is 2. The van der Waals surface area contributed by atoms with E-state index in [1.54, 1.807) is 0 Å². The van der Waals surface area contributed by atoms with Crippen molar-refractivity contribution in [2.45, 2.75) is 12.8 Å². The number of carbonyl (C=O) groups is 1. The van der Waals surface area contributed by atoms with Crippen molar-refractivity contribution in [2.24, 2.45) is 5.73 Å². The minimum Gasteiger partial charge on any atom is -0.393 e. The number of carbonyl (C=O) groups excluding carboxylic acids is 1. The first-order valence-corrected chi connectivity index (χ1v) is 5.91. The molecular weight excluding hydrogens is 282 g/mol. The molecule has 0 spiro atoms. The molecular formula is C11H11ClF2N2OS. The van der Waals surface area contributed by atoms with Crippen LogP contribution in [0.1, 0.15) is 23.2 Å². The average Bonchev–Trinajstić information content (AvgIpc) is 2.28. The number of nitrogens with one attached hydrogen (secondary N) is 1. The van der Waals surface area contributed by atoms with Gasteiger partial charge < -0.3 is 11.1 Å². The minimum absolute atomic E-state index is 0.278. The van der Waals surface area contributed by atoms with E-state index in [2.05, 4.69) is 17.5 Å². The van der Waals surface area contributed by atoms with Crippen LogP contribution >= 0.6 is 23.8 Å². The number of benzene rings is 1. The molecule has 0 atom stereocenters. The Morgan fingerprint density at radius 1 is 1.39 bits per heavy atom. The van der Waals surface area contributed by atoms with Crippen molar-refractivity contribution in [1.82, 2.24) is 5.32 Å². The van der Waals surface area contributed by atoms with E-state index in [1.165, 1.54) is 0 Å². The number of hydrogen-bond acceptors (Lipinski definition) is 2. The minimum atomic E-state index is -0.867. The number of halogens is 3. The van der Waals surface area contributed by atoms with Crippen LogP contribution < -0.4 is 11.1 Å². The lowest BCUT2D eigenvalue weighted by atomic mass is 10.2. The highest BCUT2D eigenvalue weighted by Crippen LogP contribution is 2.19. The summed E-state index contributed by atoms with van der Waals surface area (Å²) in [6, 6.07) is 1.53. The zero-order valence-corrected chi connectivity index (χ0v) is 10.9. The molecule has 0 saturated heterocycles. The summed E-state index contributed by atoms with van der Waals surface area (Å²) in [5.74, 6) is -2.41. The Hall–Kier alpha value is -1.27. The van der Waals surface area contributed by atoms with Crippen molar-refractivity contribution < 1.29 is 13.6 Å². The molecule has 0 bridgehead atoms. The van der Waals surface area contributed by atoms with Gasteiger partial charge in [0.2, 0.25) is 0 Å². The molecule has 0 aliphatic rings. The van der Waals surface area contributed by atoms with E-state index in [1.807, 2.05) is 0 Å². The standard InChI is InChI=1S/C11H11ClF2N2OS/c12-7-5-8(13)6(4-9(7)14)11(17)16-3-1-2-10(15)18/h4-5H,1-3H2,(H2,15,18)(H,16,17).